The molecule has 176 valence electrons. The van der Waals surface area contributed by atoms with E-state index in [0.29, 0.717) is 23.4 Å². The van der Waals surface area contributed by atoms with Crippen LogP contribution in [0, 0.1) is 24.7 Å². The van der Waals surface area contributed by atoms with Crippen molar-refractivity contribution in [3.63, 3.8) is 0 Å². The van der Waals surface area contributed by atoms with Gasteiger partial charge >= 0.3 is 11.9 Å². The molecular formula is C27H33NO5. The summed E-state index contributed by atoms with van der Waals surface area (Å²) in [4.78, 5) is 37.9. The summed E-state index contributed by atoms with van der Waals surface area (Å²) in [6.07, 6.45) is 2.80. The van der Waals surface area contributed by atoms with Crippen molar-refractivity contribution in [1.82, 2.24) is 0 Å². The summed E-state index contributed by atoms with van der Waals surface area (Å²) in [5.41, 5.74) is 1.94. The van der Waals surface area contributed by atoms with E-state index in [9.17, 15) is 14.4 Å². The number of amides is 1. The second-order valence-corrected chi connectivity index (χ2v) is 9.31. The Kier molecular flexibility index (Phi) is 8.26. The topological polar surface area (TPSA) is 81.7 Å². The van der Waals surface area contributed by atoms with Gasteiger partial charge < -0.3 is 14.8 Å². The first-order chi connectivity index (χ1) is 15.7. The second-order valence-electron chi connectivity index (χ2n) is 9.31. The van der Waals surface area contributed by atoms with E-state index >= 15 is 0 Å². The van der Waals surface area contributed by atoms with Crippen molar-refractivity contribution >= 4 is 23.5 Å². The van der Waals surface area contributed by atoms with Crippen molar-refractivity contribution in [3.05, 3.63) is 65.2 Å². The lowest BCUT2D eigenvalue weighted by Crippen LogP contribution is -2.36. The molecule has 0 saturated heterocycles. The molecule has 2 aromatic rings. The number of esters is 2. The van der Waals surface area contributed by atoms with Gasteiger partial charge in [0.15, 0.2) is 6.61 Å². The monoisotopic (exact) mass is 451 g/mol. The highest BCUT2D eigenvalue weighted by molar-refractivity contribution is 6.04. The van der Waals surface area contributed by atoms with Crippen LogP contribution in [0.5, 0.6) is 0 Å². The molecule has 1 saturated carbocycles. The third-order valence-corrected chi connectivity index (χ3v) is 6.26. The van der Waals surface area contributed by atoms with Gasteiger partial charge in [0.2, 0.25) is 0 Å². The number of ether oxygens (including phenoxy) is 2. The van der Waals surface area contributed by atoms with E-state index in [2.05, 4.69) is 26.1 Å². The van der Waals surface area contributed by atoms with Crippen molar-refractivity contribution in [1.29, 1.82) is 0 Å². The zero-order chi connectivity index (χ0) is 24.0. The fraction of sp³-hybridized carbons (Fsp3) is 0.444. The van der Waals surface area contributed by atoms with Crippen molar-refractivity contribution in [2.24, 2.45) is 17.8 Å². The van der Waals surface area contributed by atoms with Gasteiger partial charge in [-0.3, -0.25) is 4.79 Å². The summed E-state index contributed by atoms with van der Waals surface area (Å²) < 4.78 is 11.1. The van der Waals surface area contributed by atoms with Gasteiger partial charge in [-0.15, -0.1) is 0 Å². The third-order valence-electron chi connectivity index (χ3n) is 6.26. The average molecular weight is 452 g/mol. The maximum Gasteiger partial charge on any atom is 0.339 e. The Hall–Kier alpha value is -3.15. The van der Waals surface area contributed by atoms with E-state index in [1.807, 2.05) is 19.1 Å². The fourth-order valence-electron chi connectivity index (χ4n) is 4.33. The van der Waals surface area contributed by atoms with Crippen LogP contribution in [-0.2, 0) is 14.3 Å². The lowest BCUT2D eigenvalue weighted by atomic mass is 9.75. The molecule has 0 spiro atoms. The molecule has 0 aliphatic heterocycles. The van der Waals surface area contributed by atoms with Crippen molar-refractivity contribution < 1.29 is 23.9 Å². The number of carbonyl (C=O) groups is 3. The molecule has 3 rings (SSSR count). The molecule has 1 amide bonds. The van der Waals surface area contributed by atoms with Crippen LogP contribution in [0.25, 0.3) is 0 Å². The van der Waals surface area contributed by atoms with Gasteiger partial charge in [0.25, 0.3) is 5.91 Å². The lowest BCUT2D eigenvalue weighted by molar-refractivity contribution is -0.119. The SMILES string of the molecule is Cc1ccc(NC(=O)COC(=O)c2ccccc2C(=O)O[C@@H]2C[C@@H](C)CC[C@@H]2C(C)C)cc1. The Bertz CT molecular complexity index is 982. The lowest BCUT2D eigenvalue weighted by Gasteiger charge is -2.36. The summed E-state index contributed by atoms with van der Waals surface area (Å²) in [7, 11) is 0. The van der Waals surface area contributed by atoms with Crippen LogP contribution in [0.15, 0.2) is 48.5 Å². The maximum atomic E-state index is 13.0. The molecule has 6 nitrogen and oxygen atoms in total. The Morgan fingerprint density at radius 3 is 2.24 bits per heavy atom. The predicted molar refractivity (Wildman–Crippen MR) is 127 cm³/mol. The first kappa shape index (κ1) is 24.5. The van der Waals surface area contributed by atoms with E-state index < -0.39 is 24.5 Å². The van der Waals surface area contributed by atoms with Gasteiger partial charge in [-0.25, -0.2) is 9.59 Å². The fourth-order valence-corrected chi connectivity index (χ4v) is 4.33. The van der Waals surface area contributed by atoms with Crippen molar-refractivity contribution in [2.75, 3.05) is 11.9 Å². The number of hydrogen-bond acceptors (Lipinski definition) is 5. The number of nitrogens with one attached hydrogen (secondary N) is 1. The molecule has 1 fully saturated rings. The Labute approximate surface area is 195 Å². The van der Waals surface area contributed by atoms with Gasteiger partial charge in [-0.2, -0.15) is 0 Å². The minimum Gasteiger partial charge on any atom is -0.458 e. The Balaban J connectivity index is 1.63. The van der Waals surface area contributed by atoms with Crippen LogP contribution >= 0.6 is 0 Å². The van der Waals surface area contributed by atoms with Crippen LogP contribution < -0.4 is 5.32 Å². The smallest absolute Gasteiger partial charge is 0.339 e. The predicted octanol–water partition coefficient (Wildman–Crippen LogP) is 5.41. The zero-order valence-electron chi connectivity index (χ0n) is 19.8. The summed E-state index contributed by atoms with van der Waals surface area (Å²) in [6, 6.07) is 13.7. The maximum absolute atomic E-state index is 13.0. The quantitative estimate of drug-likeness (QED) is 0.570. The van der Waals surface area contributed by atoms with Gasteiger partial charge in [0.05, 0.1) is 11.1 Å². The number of aryl methyl sites for hydroxylation is 1. The summed E-state index contributed by atoms with van der Waals surface area (Å²) in [6.45, 7) is 7.96. The highest BCUT2D eigenvalue weighted by Gasteiger charge is 2.34. The van der Waals surface area contributed by atoms with E-state index in [-0.39, 0.29) is 17.2 Å². The van der Waals surface area contributed by atoms with Crippen molar-refractivity contribution in [2.45, 2.75) is 53.1 Å². The Morgan fingerprint density at radius 2 is 1.61 bits per heavy atom. The molecule has 6 heteroatoms. The van der Waals surface area contributed by atoms with Gasteiger partial charge in [-0.05, 0) is 61.8 Å². The van der Waals surface area contributed by atoms with E-state index in [4.69, 9.17) is 9.47 Å². The van der Waals surface area contributed by atoms with Gasteiger partial charge in [-0.1, -0.05) is 57.0 Å². The number of carbonyl (C=O) groups excluding carboxylic acids is 3. The molecular weight excluding hydrogens is 418 g/mol. The molecule has 1 N–H and O–H groups in total. The molecule has 0 radical (unpaired) electrons. The highest BCUT2D eigenvalue weighted by atomic mass is 16.5. The first-order valence-electron chi connectivity index (χ1n) is 11.6. The van der Waals surface area contributed by atoms with E-state index in [0.717, 1.165) is 24.8 Å². The molecule has 33 heavy (non-hydrogen) atoms. The first-order valence-corrected chi connectivity index (χ1v) is 11.6. The zero-order valence-corrected chi connectivity index (χ0v) is 19.8. The van der Waals surface area contributed by atoms with Crippen LogP contribution in [0.3, 0.4) is 0 Å². The largest absolute Gasteiger partial charge is 0.458 e. The minimum atomic E-state index is -0.737. The molecule has 1 aliphatic carbocycles. The van der Waals surface area contributed by atoms with Crippen molar-refractivity contribution in [3.8, 4) is 0 Å². The molecule has 3 atom stereocenters. The number of benzene rings is 2. The number of rotatable bonds is 7. The molecule has 0 heterocycles. The summed E-state index contributed by atoms with van der Waals surface area (Å²) in [5.74, 6) is -0.527. The number of hydrogen-bond donors (Lipinski definition) is 1. The molecule has 0 aromatic heterocycles. The Morgan fingerprint density at radius 1 is 0.970 bits per heavy atom. The van der Waals surface area contributed by atoms with Crippen LogP contribution in [0.4, 0.5) is 5.69 Å². The molecule has 0 bridgehead atoms. The van der Waals surface area contributed by atoms with Crippen LogP contribution in [0.1, 0.15) is 66.3 Å². The molecule has 0 unspecified atom stereocenters. The molecule has 2 aromatic carbocycles. The molecule has 1 aliphatic rings. The number of anilines is 1. The third kappa shape index (κ3) is 6.67. The minimum absolute atomic E-state index is 0.0931. The van der Waals surface area contributed by atoms with Crippen LogP contribution in [-0.4, -0.2) is 30.6 Å². The summed E-state index contributed by atoms with van der Waals surface area (Å²) in [5, 5.41) is 2.68. The normalized spacial score (nSPS) is 20.2. The average Bonchev–Trinajstić information content (AvgIpc) is 2.79. The second kappa shape index (κ2) is 11.1. The standard InChI is InChI=1S/C27H33NO5/c1-17(2)21-14-11-19(4)15-24(21)33-27(31)23-8-6-5-7-22(23)26(30)32-16-25(29)28-20-12-9-18(3)10-13-20/h5-10,12-13,17,19,21,24H,11,14-16H2,1-4H3,(H,28,29)/t19-,21+,24+/m0/s1. The van der Waals surface area contributed by atoms with Gasteiger partial charge in [0, 0.05) is 5.69 Å². The summed E-state index contributed by atoms with van der Waals surface area (Å²) >= 11 is 0. The highest BCUT2D eigenvalue weighted by Crippen LogP contribution is 2.35. The van der Waals surface area contributed by atoms with Crippen LogP contribution in [0.2, 0.25) is 0 Å². The van der Waals surface area contributed by atoms with E-state index in [1.165, 1.54) is 6.07 Å². The van der Waals surface area contributed by atoms with Gasteiger partial charge in [0.1, 0.15) is 6.10 Å². The van der Waals surface area contributed by atoms with E-state index in [1.54, 1.807) is 30.3 Å².